The summed E-state index contributed by atoms with van der Waals surface area (Å²) in [6.07, 6.45) is 3.15. The lowest BCUT2D eigenvalue weighted by molar-refractivity contribution is -0.123. The molecule has 1 aliphatic carbocycles. The highest BCUT2D eigenvalue weighted by Gasteiger charge is 2.31. The van der Waals surface area contributed by atoms with Crippen molar-refractivity contribution in [3.05, 3.63) is 59.7 Å². The molecule has 5 heteroatoms. The first-order valence-corrected chi connectivity index (χ1v) is 9.61. The van der Waals surface area contributed by atoms with Crippen molar-refractivity contribution in [2.75, 3.05) is 20.3 Å². The fourth-order valence-electron chi connectivity index (χ4n) is 3.64. The Morgan fingerprint density at radius 1 is 1.15 bits per heavy atom. The molecule has 142 valence electrons. The molecule has 2 aromatic carbocycles. The largest absolute Gasteiger partial charge is 0.497 e. The summed E-state index contributed by atoms with van der Waals surface area (Å²) in [5.74, 6) is 1.82. The fraction of sp³-hybridized carbons (Fsp3) is 0.409. The summed E-state index contributed by atoms with van der Waals surface area (Å²) in [5, 5.41) is 3.21. The molecule has 0 bridgehead atoms. The average Bonchev–Trinajstić information content (AvgIpc) is 3.54. The van der Waals surface area contributed by atoms with Gasteiger partial charge >= 0.3 is 0 Å². The Kier molecular flexibility index (Phi) is 5.30. The molecule has 1 amide bonds. The van der Waals surface area contributed by atoms with E-state index in [1.54, 1.807) is 7.11 Å². The zero-order chi connectivity index (χ0) is 18.6. The van der Waals surface area contributed by atoms with Crippen molar-refractivity contribution in [1.29, 1.82) is 0 Å². The van der Waals surface area contributed by atoms with Gasteiger partial charge in [-0.1, -0.05) is 30.3 Å². The molecule has 1 N–H and O–H groups in total. The first-order valence-electron chi connectivity index (χ1n) is 9.61. The van der Waals surface area contributed by atoms with Gasteiger partial charge < -0.3 is 14.8 Å². The van der Waals surface area contributed by atoms with Crippen LogP contribution in [0.25, 0.3) is 0 Å². The predicted octanol–water partition coefficient (Wildman–Crippen LogP) is 3.30. The number of fused-ring (bicyclic) bond motifs is 1. The first-order chi connectivity index (χ1) is 13.2. The van der Waals surface area contributed by atoms with Gasteiger partial charge in [0.25, 0.3) is 0 Å². The highest BCUT2D eigenvalue weighted by Crippen LogP contribution is 2.32. The molecular weight excluding hydrogens is 340 g/mol. The van der Waals surface area contributed by atoms with Crippen molar-refractivity contribution in [3.63, 3.8) is 0 Å². The molecule has 0 radical (unpaired) electrons. The molecule has 0 saturated heterocycles. The topological polar surface area (TPSA) is 50.8 Å². The number of hydrogen-bond donors (Lipinski definition) is 1. The number of methoxy groups -OCH3 is 1. The monoisotopic (exact) mass is 366 g/mol. The van der Waals surface area contributed by atoms with E-state index < -0.39 is 0 Å². The van der Waals surface area contributed by atoms with E-state index in [4.69, 9.17) is 9.47 Å². The number of hydrogen-bond acceptors (Lipinski definition) is 4. The zero-order valence-electron chi connectivity index (χ0n) is 15.7. The summed E-state index contributed by atoms with van der Waals surface area (Å²) < 4.78 is 10.9. The van der Waals surface area contributed by atoms with E-state index in [2.05, 4.69) is 22.3 Å². The van der Waals surface area contributed by atoms with Crippen molar-refractivity contribution in [3.8, 4) is 11.5 Å². The Hall–Kier alpha value is -2.53. The number of nitrogens with one attached hydrogen (secondary N) is 1. The molecule has 27 heavy (non-hydrogen) atoms. The van der Waals surface area contributed by atoms with Gasteiger partial charge in [0.2, 0.25) is 5.91 Å². The molecule has 2 aliphatic rings. The van der Waals surface area contributed by atoms with E-state index in [0.717, 1.165) is 30.0 Å². The van der Waals surface area contributed by atoms with Gasteiger partial charge in [-0.3, -0.25) is 9.69 Å². The molecule has 1 fully saturated rings. The second kappa shape index (κ2) is 8.01. The van der Waals surface area contributed by atoms with E-state index in [-0.39, 0.29) is 11.9 Å². The van der Waals surface area contributed by atoms with E-state index in [9.17, 15) is 4.79 Å². The third kappa shape index (κ3) is 4.42. The molecule has 1 unspecified atom stereocenters. The smallest absolute Gasteiger partial charge is 0.234 e. The molecule has 1 saturated carbocycles. The van der Waals surface area contributed by atoms with Gasteiger partial charge in [0.1, 0.15) is 11.5 Å². The molecule has 1 heterocycles. The highest BCUT2D eigenvalue weighted by molar-refractivity contribution is 5.78. The number of para-hydroxylation sites is 1. The molecular formula is C22H26N2O3. The highest BCUT2D eigenvalue weighted by atomic mass is 16.5. The minimum Gasteiger partial charge on any atom is -0.497 e. The summed E-state index contributed by atoms with van der Waals surface area (Å²) in [4.78, 5) is 15.0. The lowest BCUT2D eigenvalue weighted by Crippen LogP contribution is -2.40. The number of amides is 1. The lowest BCUT2D eigenvalue weighted by Gasteiger charge is -2.28. The summed E-state index contributed by atoms with van der Waals surface area (Å²) in [6.45, 7) is 1.85. The van der Waals surface area contributed by atoms with Crippen LogP contribution in [0.4, 0.5) is 0 Å². The molecule has 4 rings (SSSR count). The Labute approximate surface area is 160 Å². The molecule has 0 spiro atoms. The zero-order valence-corrected chi connectivity index (χ0v) is 15.7. The Morgan fingerprint density at radius 2 is 1.93 bits per heavy atom. The van der Waals surface area contributed by atoms with Gasteiger partial charge in [0, 0.05) is 24.6 Å². The van der Waals surface area contributed by atoms with Crippen LogP contribution in [0.1, 0.15) is 36.4 Å². The summed E-state index contributed by atoms with van der Waals surface area (Å²) in [5.41, 5.74) is 2.28. The van der Waals surface area contributed by atoms with Crippen molar-refractivity contribution >= 4 is 5.91 Å². The van der Waals surface area contributed by atoms with E-state index in [0.29, 0.717) is 19.2 Å². The van der Waals surface area contributed by atoms with Crippen LogP contribution in [-0.2, 0) is 11.3 Å². The normalized spacial score (nSPS) is 18.5. The van der Waals surface area contributed by atoms with Crippen molar-refractivity contribution in [2.45, 2.75) is 37.9 Å². The number of carbonyl (C=O) groups is 1. The van der Waals surface area contributed by atoms with Crippen molar-refractivity contribution < 1.29 is 14.3 Å². The Morgan fingerprint density at radius 3 is 2.67 bits per heavy atom. The second-order valence-electron chi connectivity index (χ2n) is 7.28. The molecule has 2 aromatic rings. The number of benzene rings is 2. The summed E-state index contributed by atoms with van der Waals surface area (Å²) >= 11 is 0. The number of rotatable bonds is 7. The van der Waals surface area contributed by atoms with Crippen molar-refractivity contribution in [2.24, 2.45) is 0 Å². The van der Waals surface area contributed by atoms with Gasteiger partial charge in [-0.25, -0.2) is 0 Å². The summed E-state index contributed by atoms with van der Waals surface area (Å²) in [7, 11) is 1.67. The third-order valence-corrected chi connectivity index (χ3v) is 5.25. The number of nitrogens with zero attached hydrogens (tertiary/aromatic N) is 1. The minimum atomic E-state index is 0.0319. The van der Waals surface area contributed by atoms with Crippen LogP contribution < -0.4 is 14.8 Å². The van der Waals surface area contributed by atoms with Gasteiger partial charge in [-0.2, -0.15) is 0 Å². The first kappa shape index (κ1) is 17.9. The van der Waals surface area contributed by atoms with Crippen LogP contribution >= 0.6 is 0 Å². The maximum atomic E-state index is 12.7. The maximum absolute atomic E-state index is 12.7. The molecule has 5 nitrogen and oxygen atoms in total. The fourth-order valence-corrected chi connectivity index (χ4v) is 3.64. The third-order valence-electron chi connectivity index (χ3n) is 5.25. The van der Waals surface area contributed by atoms with Gasteiger partial charge in [0.05, 0.1) is 26.3 Å². The summed E-state index contributed by atoms with van der Waals surface area (Å²) in [6, 6.07) is 16.6. The molecule has 1 atom stereocenters. The molecule has 0 aromatic heterocycles. The minimum absolute atomic E-state index is 0.0319. The number of carbonyl (C=O) groups excluding carboxylic acids is 1. The van der Waals surface area contributed by atoms with E-state index in [1.807, 2.05) is 36.4 Å². The standard InChI is InChI=1S/C22H26N2O3/c1-26-18-10-6-16(7-11-18)14-24(17-8-9-17)15-22(25)23-20-12-13-27-21-5-3-2-4-19(20)21/h2-7,10-11,17,20H,8-9,12-15H2,1H3,(H,23,25). The Balaban J connectivity index is 1.38. The van der Waals surface area contributed by atoms with E-state index in [1.165, 1.54) is 18.4 Å². The van der Waals surface area contributed by atoms with Crippen molar-refractivity contribution in [1.82, 2.24) is 10.2 Å². The van der Waals surface area contributed by atoms with Gasteiger partial charge in [0.15, 0.2) is 0 Å². The SMILES string of the molecule is COc1ccc(CN(CC(=O)NC2CCOc3ccccc32)C2CC2)cc1. The van der Waals surface area contributed by atoms with Crippen LogP contribution in [-0.4, -0.2) is 37.1 Å². The number of ether oxygens (including phenoxy) is 2. The van der Waals surface area contributed by atoms with Crippen LogP contribution in [0.2, 0.25) is 0 Å². The van der Waals surface area contributed by atoms with Crippen LogP contribution in [0, 0.1) is 0 Å². The van der Waals surface area contributed by atoms with Crippen LogP contribution in [0.15, 0.2) is 48.5 Å². The maximum Gasteiger partial charge on any atom is 0.234 e. The van der Waals surface area contributed by atoms with Crippen LogP contribution in [0.5, 0.6) is 11.5 Å². The van der Waals surface area contributed by atoms with E-state index >= 15 is 0 Å². The predicted molar refractivity (Wildman–Crippen MR) is 104 cm³/mol. The average molecular weight is 366 g/mol. The Bertz CT molecular complexity index is 786. The lowest BCUT2D eigenvalue weighted by atomic mass is 10.0. The second-order valence-corrected chi connectivity index (χ2v) is 7.28. The van der Waals surface area contributed by atoms with Crippen LogP contribution in [0.3, 0.4) is 0 Å². The molecule has 1 aliphatic heterocycles. The van der Waals surface area contributed by atoms with Gasteiger partial charge in [-0.05, 0) is 36.6 Å². The van der Waals surface area contributed by atoms with Gasteiger partial charge in [-0.15, -0.1) is 0 Å². The quantitative estimate of drug-likeness (QED) is 0.817.